The fraction of sp³-hybridized carbons (Fsp3) is 0.571. The fourth-order valence-electron chi connectivity index (χ4n) is 2.27. The van der Waals surface area contributed by atoms with Gasteiger partial charge < -0.3 is 10.0 Å². The molecule has 1 heterocycles. The van der Waals surface area contributed by atoms with Gasteiger partial charge in [-0.05, 0) is 44.8 Å². The zero-order chi connectivity index (χ0) is 11.4. The van der Waals surface area contributed by atoms with Crippen LogP contribution in [-0.4, -0.2) is 29.6 Å². The van der Waals surface area contributed by atoms with Gasteiger partial charge in [0.2, 0.25) is 0 Å². The molecule has 1 aromatic rings. The van der Waals surface area contributed by atoms with Crippen LogP contribution < -0.4 is 0 Å². The Morgan fingerprint density at radius 3 is 2.44 bits per heavy atom. The second-order valence-electron chi connectivity index (χ2n) is 4.76. The maximum absolute atomic E-state index is 10.0. The summed E-state index contributed by atoms with van der Waals surface area (Å²) in [6.45, 7) is 5.51. The largest absolute Gasteiger partial charge is 0.388 e. The highest BCUT2D eigenvalue weighted by Crippen LogP contribution is 2.18. The van der Waals surface area contributed by atoms with Gasteiger partial charge in [-0.15, -0.1) is 0 Å². The molecule has 1 aromatic carbocycles. The SMILES string of the molecule is Cc1ccc(C(O)CCN2CCCC2)cc1. The zero-order valence-corrected chi connectivity index (χ0v) is 10.0. The molecule has 0 aromatic heterocycles. The molecule has 0 amide bonds. The van der Waals surface area contributed by atoms with Gasteiger partial charge in [0.05, 0.1) is 6.10 Å². The summed E-state index contributed by atoms with van der Waals surface area (Å²) < 4.78 is 0. The number of likely N-dealkylation sites (tertiary alicyclic amines) is 1. The summed E-state index contributed by atoms with van der Waals surface area (Å²) in [5.41, 5.74) is 2.29. The van der Waals surface area contributed by atoms with E-state index in [4.69, 9.17) is 0 Å². The Kier molecular flexibility index (Phi) is 3.97. The van der Waals surface area contributed by atoms with E-state index in [-0.39, 0.29) is 6.10 Å². The van der Waals surface area contributed by atoms with Gasteiger partial charge in [0.15, 0.2) is 0 Å². The highest BCUT2D eigenvalue weighted by Gasteiger charge is 2.14. The first-order valence-electron chi connectivity index (χ1n) is 6.23. The van der Waals surface area contributed by atoms with E-state index >= 15 is 0 Å². The summed E-state index contributed by atoms with van der Waals surface area (Å²) >= 11 is 0. The van der Waals surface area contributed by atoms with Crippen molar-refractivity contribution in [1.29, 1.82) is 0 Å². The van der Waals surface area contributed by atoms with E-state index < -0.39 is 0 Å². The number of hydrogen-bond donors (Lipinski definition) is 1. The molecular formula is C14H21NO. The van der Waals surface area contributed by atoms with Crippen LogP contribution in [0.15, 0.2) is 24.3 Å². The number of rotatable bonds is 4. The van der Waals surface area contributed by atoms with Crippen molar-refractivity contribution in [3.8, 4) is 0 Å². The van der Waals surface area contributed by atoms with Crippen LogP contribution in [0.4, 0.5) is 0 Å². The molecular weight excluding hydrogens is 198 g/mol. The van der Waals surface area contributed by atoms with E-state index in [1.54, 1.807) is 0 Å². The molecule has 1 unspecified atom stereocenters. The van der Waals surface area contributed by atoms with Crippen molar-refractivity contribution in [3.63, 3.8) is 0 Å². The Labute approximate surface area is 97.9 Å². The summed E-state index contributed by atoms with van der Waals surface area (Å²) in [5.74, 6) is 0. The Morgan fingerprint density at radius 1 is 1.19 bits per heavy atom. The average molecular weight is 219 g/mol. The second kappa shape index (κ2) is 5.46. The number of aliphatic hydroxyl groups excluding tert-OH is 1. The molecule has 1 fully saturated rings. The third-order valence-electron chi connectivity index (χ3n) is 3.38. The molecule has 2 heteroatoms. The maximum atomic E-state index is 10.0. The average Bonchev–Trinajstić information content (AvgIpc) is 2.80. The lowest BCUT2D eigenvalue weighted by molar-refractivity contribution is 0.149. The van der Waals surface area contributed by atoms with Crippen LogP contribution in [0.2, 0.25) is 0 Å². The van der Waals surface area contributed by atoms with E-state index in [2.05, 4.69) is 24.0 Å². The van der Waals surface area contributed by atoms with Gasteiger partial charge in [-0.1, -0.05) is 29.8 Å². The summed E-state index contributed by atoms with van der Waals surface area (Å²) in [6, 6.07) is 8.19. The van der Waals surface area contributed by atoms with Crippen molar-refractivity contribution in [3.05, 3.63) is 35.4 Å². The summed E-state index contributed by atoms with van der Waals surface area (Å²) in [5, 5.41) is 10.0. The number of benzene rings is 1. The van der Waals surface area contributed by atoms with Crippen LogP contribution in [0, 0.1) is 6.92 Å². The molecule has 1 aliphatic heterocycles. The van der Waals surface area contributed by atoms with Gasteiger partial charge in [-0.2, -0.15) is 0 Å². The lowest BCUT2D eigenvalue weighted by atomic mass is 10.0. The molecule has 0 aliphatic carbocycles. The number of aliphatic hydroxyl groups is 1. The topological polar surface area (TPSA) is 23.5 Å². The van der Waals surface area contributed by atoms with Crippen molar-refractivity contribution < 1.29 is 5.11 Å². The van der Waals surface area contributed by atoms with Crippen LogP contribution in [0.3, 0.4) is 0 Å². The van der Waals surface area contributed by atoms with E-state index in [1.807, 2.05) is 12.1 Å². The molecule has 2 nitrogen and oxygen atoms in total. The van der Waals surface area contributed by atoms with Gasteiger partial charge in [0.1, 0.15) is 0 Å². The molecule has 0 saturated carbocycles. The predicted octanol–water partition coefficient (Wildman–Crippen LogP) is 2.51. The molecule has 0 radical (unpaired) electrons. The predicted molar refractivity (Wildman–Crippen MR) is 66.4 cm³/mol. The van der Waals surface area contributed by atoms with Crippen LogP contribution in [-0.2, 0) is 0 Å². The quantitative estimate of drug-likeness (QED) is 0.841. The van der Waals surface area contributed by atoms with Gasteiger partial charge >= 0.3 is 0 Å². The molecule has 1 atom stereocenters. The molecule has 0 spiro atoms. The monoisotopic (exact) mass is 219 g/mol. The van der Waals surface area contributed by atoms with Crippen molar-refractivity contribution >= 4 is 0 Å². The summed E-state index contributed by atoms with van der Waals surface area (Å²) in [6.07, 6.45) is 3.19. The van der Waals surface area contributed by atoms with Crippen molar-refractivity contribution in [2.24, 2.45) is 0 Å². The molecule has 88 valence electrons. The first-order valence-corrected chi connectivity index (χ1v) is 6.23. The lowest BCUT2D eigenvalue weighted by Crippen LogP contribution is -2.22. The van der Waals surface area contributed by atoms with E-state index in [0.29, 0.717) is 0 Å². The fourth-order valence-corrected chi connectivity index (χ4v) is 2.27. The van der Waals surface area contributed by atoms with Gasteiger partial charge in [0.25, 0.3) is 0 Å². The number of aryl methyl sites for hydroxylation is 1. The van der Waals surface area contributed by atoms with E-state index in [0.717, 1.165) is 18.5 Å². The standard InChI is InChI=1S/C14H21NO/c1-12-4-6-13(7-5-12)14(16)8-11-15-9-2-3-10-15/h4-7,14,16H,2-3,8-11H2,1H3. The molecule has 1 saturated heterocycles. The van der Waals surface area contributed by atoms with E-state index in [1.165, 1.54) is 31.5 Å². The zero-order valence-electron chi connectivity index (χ0n) is 10.0. The van der Waals surface area contributed by atoms with Crippen molar-refractivity contribution in [2.45, 2.75) is 32.3 Å². The van der Waals surface area contributed by atoms with Gasteiger partial charge in [0, 0.05) is 6.54 Å². The maximum Gasteiger partial charge on any atom is 0.0802 e. The number of nitrogens with zero attached hydrogens (tertiary/aromatic N) is 1. The van der Waals surface area contributed by atoms with Crippen molar-refractivity contribution in [2.75, 3.05) is 19.6 Å². The Hall–Kier alpha value is -0.860. The molecule has 16 heavy (non-hydrogen) atoms. The molecule has 0 bridgehead atoms. The minimum atomic E-state index is -0.304. The summed E-state index contributed by atoms with van der Waals surface area (Å²) in [4.78, 5) is 2.44. The number of hydrogen-bond acceptors (Lipinski definition) is 2. The van der Waals surface area contributed by atoms with Crippen molar-refractivity contribution in [1.82, 2.24) is 4.90 Å². The Morgan fingerprint density at radius 2 is 1.81 bits per heavy atom. The molecule has 1 aliphatic rings. The van der Waals surface area contributed by atoms with E-state index in [9.17, 15) is 5.11 Å². The van der Waals surface area contributed by atoms with Crippen LogP contribution >= 0.6 is 0 Å². The smallest absolute Gasteiger partial charge is 0.0802 e. The summed E-state index contributed by atoms with van der Waals surface area (Å²) in [7, 11) is 0. The van der Waals surface area contributed by atoms with Crippen LogP contribution in [0.5, 0.6) is 0 Å². The minimum Gasteiger partial charge on any atom is -0.388 e. The second-order valence-corrected chi connectivity index (χ2v) is 4.76. The first kappa shape index (κ1) is 11.6. The van der Waals surface area contributed by atoms with Crippen LogP contribution in [0.25, 0.3) is 0 Å². The Balaban J connectivity index is 1.82. The van der Waals surface area contributed by atoms with Gasteiger partial charge in [-0.3, -0.25) is 0 Å². The highest BCUT2D eigenvalue weighted by molar-refractivity contribution is 5.22. The third kappa shape index (κ3) is 3.06. The molecule has 2 rings (SSSR count). The molecule has 1 N–H and O–H groups in total. The lowest BCUT2D eigenvalue weighted by Gasteiger charge is -2.17. The minimum absolute atomic E-state index is 0.304. The normalized spacial score (nSPS) is 18.9. The Bertz CT molecular complexity index is 314. The van der Waals surface area contributed by atoms with Crippen LogP contribution in [0.1, 0.15) is 36.5 Å². The third-order valence-corrected chi connectivity index (χ3v) is 3.38. The first-order chi connectivity index (χ1) is 7.75. The van der Waals surface area contributed by atoms with Gasteiger partial charge in [-0.25, -0.2) is 0 Å². The highest BCUT2D eigenvalue weighted by atomic mass is 16.3.